The maximum Gasteiger partial charge on any atom is 0.324 e. The lowest BCUT2D eigenvalue weighted by atomic mass is 10.1. The molecule has 4 aromatic rings. The highest BCUT2D eigenvalue weighted by Crippen LogP contribution is 2.45. The highest BCUT2D eigenvalue weighted by molar-refractivity contribution is 8.07. The molecule has 0 amide bonds. The Hall–Kier alpha value is -2.50. The molecule has 1 aliphatic heterocycles. The normalized spacial score (nSPS) is 22.7. The molecular weight excluding hydrogens is 465 g/mol. The SMILES string of the molecule is Nc1ncnc2c1ncn2[C@H]1C[C@H](O)[C@@H](COP(O)(=S)OCc2ccc3ccccc3c2)O1. The fourth-order valence-corrected chi connectivity index (χ4v) is 4.87. The molecule has 0 radical (unpaired) electrons. The van der Waals surface area contributed by atoms with Crippen molar-refractivity contribution >= 4 is 46.3 Å². The van der Waals surface area contributed by atoms with Crippen LogP contribution in [0.2, 0.25) is 0 Å². The van der Waals surface area contributed by atoms with E-state index in [1.807, 2.05) is 42.5 Å². The Morgan fingerprint density at radius 3 is 2.82 bits per heavy atom. The number of fused-ring (bicyclic) bond motifs is 2. The van der Waals surface area contributed by atoms with Crippen molar-refractivity contribution in [2.24, 2.45) is 0 Å². The fourth-order valence-electron chi connectivity index (χ4n) is 3.81. The van der Waals surface area contributed by atoms with Crippen molar-refractivity contribution in [2.75, 3.05) is 12.3 Å². The van der Waals surface area contributed by atoms with Gasteiger partial charge in [0.1, 0.15) is 24.2 Å². The van der Waals surface area contributed by atoms with E-state index >= 15 is 0 Å². The van der Waals surface area contributed by atoms with Gasteiger partial charge in [-0.05, 0) is 34.2 Å². The first-order valence-corrected chi connectivity index (χ1v) is 12.8. The second kappa shape index (κ2) is 9.03. The van der Waals surface area contributed by atoms with E-state index in [9.17, 15) is 10.00 Å². The molecule has 1 fully saturated rings. The standard InChI is InChI=1S/C21H22N5O5PS/c22-20-19-21(24-11-23-20)26(12-25-19)18-8-16(27)17(31-18)10-30-32(28,33)29-9-13-5-6-14-3-1-2-4-15(14)7-13/h1-7,11-12,16-18,27H,8-10H2,(H,28,33)(H2,22,23,24)/t16-,17+,18+,32?/m0/s1. The first-order valence-electron chi connectivity index (χ1n) is 10.3. The Morgan fingerprint density at radius 2 is 1.97 bits per heavy atom. The van der Waals surface area contributed by atoms with Gasteiger partial charge in [-0.1, -0.05) is 36.4 Å². The number of nitrogens with two attached hydrogens (primary N) is 1. The molecule has 2 aromatic heterocycles. The molecule has 0 saturated carbocycles. The molecule has 1 unspecified atom stereocenters. The van der Waals surface area contributed by atoms with E-state index in [0.717, 1.165) is 16.3 Å². The molecule has 4 atom stereocenters. The number of hydrogen-bond acceptors (Lipinski definition) is 9. The summed E-state index contributed by atoms with van der Waals surface area (Å²) in [5, 5.41) is 12.6. The number of aromatic nitrogens is 4. The number of rotatable bonds is 7. The minimum absolute atomic E-state index is 0.109. The van der Waals surface area contributed by atoms with Gasteiger partial charge >= 0.3 is 6.72 Å². The summed E-state index contributed by atoms with van der Waals surface area (Å²) in [7, 11) is 0. The molecule has 4 N–H and O–H groups in total. The van der Waals surface area contributed by atoms with Crippen molar-refractivity contribution in [2.45, 2.75) is 31.5 Å². The van der Waals surface area contributed by atoms with Crippen LogP contribution in [0.4, 0.5) is 5.82 Å². The lowest BCUT2D eigenvalue weighted by Gasteiger charge is -2.20. The average Bonchev–Trinajstić information content (AvgIpc) is 3.40. The van der Waals surface area contributed by atoms with Gasteiger partial charge in [0.25, 0.3) is 0 Å². The van der Waals surface area contributed by atoms with Crippen LogP contribution < -0.4 is 5.73 Å². The second-order valence-electron chi connectivity index (χ2n) is 7.73. The van der Waals surface area contributed by atoms with E-state index in [1.54, 1.807) is 10.9 Å². The minimum Gasteiger partial charge on any atom is -0.390 e. The highest BCUT2D eigenvalue weighted by atomic mass is 32.5. The number of benzene rings is 2. The van der Waals surface area contributed by atoms with Gasteiger partial charge in [-0.3, -0.25) is 4.57 Å². The molecule has 0 bridgehead atoms. The van der Waals surface area contributed by atoms with Crippen LogP contribution in [0.5, 0.6) is 0 Å². The molecule has 10 nitrogen and oxygen atoms in total. The zero-order chi connectivity index (χ0) is 23.0. The van der Waals surface area contributed by atoms with Gasteiger partial charge in [0, 0.05) is 6.42 Å². The smallest absolute Gasteiger partial charge is 0.324 e. The number of imidazole rings is 1. The summed E-state index contributed by atoms with van der Waals surface area (Å²) in [4.78, 5) is 22.8. The molecule has 172 valence electrons. The summed E-state index contributed by atoms with van der Waals surface area (Å²) in [5.41, 5.74) is 7.66. The van der Waals surface area contributed by atoms with Crippen LogP contribution in [0, 0.1) is 0 Å². The van der Waals surface area contributed by atoms with Crippen molar-refractivity contribution in [3.05, 3.63) is 60.7 Å². The van der Waals surface area contributed by atoms with Crippen LogP contribution in [-0.4, -0.2) is 48.3 Å². The maximum atomic E-state index is 10.5. The third-order valence-electron chi connectivity index (χ3n) is 5.51. The van der Waals surface area contributed by atoms with Crippen molar-refractivity contribution in [1.29, 1.82) is 0 Å². The fraction of sp³-hybridized carbons (Fsp3) is 0.286. The number of nitrogen functional groups attached to an aromatic ring is 1. The van der Waals surface area contributed by atoms with Crippen molar-refractivity contribution in [1.82, 2.24) is 19.5 Å². The van der Waals surface area contributed by atoms with Crippen LogP contribution in [-0.2, 0) is 32.2 Å². The molecule has 2 aromatic carbocycles. The maximum absolute atomic E-state index is 10.5. The van der Waals surface area contributed by atoms with Crippen LogP contribution in [0.15, 0.2) is 55.1 Å². The largest absolute Gasteiger partial charge is 0.390 e. The zero-order valence-electron chi connectivity index (χ0n) is 17.4. The molecular formula is C21H22N5O5PS. The quantitative estimate of drug-likeness (QED) is 0.334. The number of anilines is 1. The van der Waals surface area contributed by atoms with Crippen LogP contribution in [0.25, 0.3) is 21.9 Å². The summed E-state index contributed by atoms with van der Waals surface area (Å²) < 4.78 is 18.6. The molecule has 3 heterocycles. The summed E-state index contributed by atoms with van der Waals surface area (Å²) in [6.07, 6.45) is 1.11. The van der Waals surface area contributed by atoms with Gasteiger partial charge in [0.2, 0.25) is 0 Å². The molecule has 1 saturated heterocycles. The number of nitrogens with zero attached hydrogens (tertiary/aromatic N) is 4. The van der Waals surface area contributed by atoms with Crippen molar-refractivity contribution in [3.8, 4) is 0 Å². The van der Waals surface area contributed by atoms with Gasteiger partial charge in [-0.25, -0.2) is 15.0 Å². The van der Waals surface area contributed by atoms with Gasteiger partial charge in [-0.15, -0.1) is 0 Å². The number of ether oxygens (including phenoxy) is 1. The second-order valence-corrected chi connectivity index (χ2v) is 10.6. The van der Waals surface area contributed by atoms with E-state index in [1.165, 1.54) is 6.33 Å². The van der Waals surface area contributed by atoms with Gasteiger partial charge in [0.15, 0.2) is 11.5 Å². The lowest BCUT2D eigenvalue weighted by molar-refractivity contribution is -0.0411. The Labute approximate surface area is 194 Å². The Bertz CT molecular complexity index is 1350. The summed E-state index contributed by atoms with van der Waals surface area (Å²) in [5.74, 6) is 0.265. The molecule has 5 rings (SSSR count). The molecule has 33 heavy (non-hydrogen) atoms. The number of aliphatic hydroxyl groups excluding tert-OH is 1. The number of hydrogen-bond donors (Lipinski definition) is 3. The van der Waals surface area contributed by atoms with Gasteiger partial charge in [0.05, 0.1) is 25.6 Å². The predicted octanol–water partition coefficient (Wildman–Crippen LogP) is 2.66. The van der Waals surface area contributed by atoms with Crippen LogP contribution in [0.3, 0.4) is 0 Å². The van der Waals surface area contributed by atoms with E-state index < -0.39 is 25.2 Å². The van der Waals surface area contributed by atoms with Crippen molar-refractivity contribution < 1.29 is 23.8 Å². The van der Waals surface area contributed by atoms with Gasteiger partial charge < -0.3 is 29.5 Å². The number of aliphatic hydroxyl groups is 1. The summed E-state index contributed by atoms with van der Waals surface area (Å²) in [6.45, 7) is -3.55. The van der Waals surface area contributed by atoms with Crippen LogP contribution in [0.1, 0.15) is 18.2 Å². The lowest BCUT2D eigenvalue weighted by Crippen LogP contribution is -2.26. The first kappa shape index (κ1) is 22.3. The third-order valence-corrected chi connectivity index (χ3v) is 7.07. The van der Waals surface area contributed by atoms with Crippen LogP contribution >= 0.6 is 6.72 Å². The van der Waals surface area contributed by atoms with Crippen molar-refractivity contribution in [3.63, 3.8) is 0 Å². The summed E-state index contributed by atoms with van der Waals surface area (Å²) in [6, 6.07) is 13.8. The Kier molecular flexibility index (Phi) is 6.11. The van der Waals surface area contributed by atoms with E-state index in [0.29, 0.717) is 11.2 Å². The highest BCUT2D eigenvalue weighted by Gasteiger charge is 2.37. The van der Waals surface area contributed by atoms with E-state index in [2.05, 4.69) is 15.0 Å². The Morgan fingerprint density at radius 1 is 1.15 bits per heavy atom. The molecule has 0 spiro atoms. The molecule has 1 aliphatic rings. The van der Waals surface area contributed by atoms with E-state index in [4.69, 9.17) is 31.3 Å². The Balaban J connectivity index is 1.19. The topological polar surface area (TPSA) is 138 Å². The summed E-state index contributed by atoms with van der Waals surface area (Å²) >= 11 is 5.14. The molecule has 0 aliphatic carbocycles. The first-order chi connectivity index (χ1) is 15.9. The molecule has 12 heteroatoms. The average molecular weight is 487 g/mol. The van der Waals surface area contributed by atoms with Gasteiger partial charge in [-0.2, -0.15) is 0 Å². The zero-order valence-corrected chi connectivity index (χ0v) is 19.1. The van der Waals surface area contributed by atoms with E-state index in [-0.39, 0.29) is 25.5 Å². The monoisotopic (exact) mass is 487 g/mol. The third kappa shape index (κ3) is 4.75. The predicted molar refractivity (Wildman–Crippen MR) is 125 cm³/mol. The minimum atomic E-state index is -3.54.